The molecular weight excluding hydrogens is 304 g/mol. The number of carbonyl (C=O) groups is 2. The number of nitrogens with one attached hydrogen (secondary N) is 1. The lowest BCUT2D eigenvalue weighted by Gasteiger charge is -2.09. The van der Waals surface area contributed by atoms with Gasteiger partial charge in [-0.3, -0.25) is 4.79 Å². The monoisotopic (exact) mass is 344 g/mol. The van der Waals surface area contributed by atoms with E-state index in [1.165, 1.54) is 38.5 Å². The maximum absolute atomic E-state index is 11.4. The maximum atomic E-state index is 11.4. The van der Waals surface area contributed by atoms with Crippen molar-refractivity contribution in [3.63, 3.8) is 0 Å². The van der Waals surface area contributed by atoms with E-state index >= 15 is 0 Å². The molecule has 0 spiro atoms. The third-order valence-electron chi connectivity index (χ3n) is 3.67. The zero-order chi connectivity index (χ0) is 18.6. The second-order valence-electron chi connectivity index (χ2n) is 5.97. The summed E-state index contributed by atoms with van der Waals surface area (Å²) in [6, 6.07) is -0.657. The maximum Gasteiger partial charge on any atom is 0.330 e. The van der Waals surface area contributed by atoms with Gasteiger partial charge in [0.2, 0.25) is 0 Å². The number of esters is 2. The van der Waals surface area contributed by atoms with E-state index in [1.807, 2.05) is 0 Å². The van der Waals surface area contributed by atoms with E-state index in [0.29, 0.717) is 6.42 Å². The van der Waals surface area contributed by atoms with Crippen LogP contribution in [0.4, 0.5) is 0 Å². The zero-order valence-electron chi connectivity index (χ0n) is 16.4. The fraction of sp³-hybridized carbons (Fsp3) is 0.895. The van der Waals surface area contributed by atoms with Gasteiger partial charge in [0, 0.05) is 6.42 Å². The second-order valence-corrected chi connectivity index (χ2v) is 5.97. The quantitative estimate of drug-likeness (QED) is 0.300. The molecule has 144 valence electrons. The van der Waals surface area contributed by atoms with Gasteiger partial charge in [0.1, 0.15) is 6.04 Å². The average molecular weight is 345 g/mol. The molecule has 3 N–H and O–H groups in total. The Bertz CT molecular complexity index is 294. The molecular formula is C19H40N2O3. The molecule has 0 fully saturated rings. The molecule has 0 amide bonds. The van der Waals surface area contributed by atoms with Crippen molar-refractivity contribution < 1.29 is 14.3 Å². The van der Waals surface area contributed by atoms with Crippen LogP contribution < -0.4 is 11.1 Å². The van der Waals surface area contributed by atoms with Gasteiger partial charge in [-0.1, -0.05) is 79.1 Å². The van der Waals surface area contributed by atoms with Gasteiger partial charge < -0.3 is 15.8 Å². The van der Waals surface area contributed by atoms with Crippen LogP contribution in [0.15, 0.2) is 0 Å². The summed E-state index contributed by atoms with van der Waals surface area (Å²) < 4.78 is 4.58. The van der Waals surface area contributed by atoms with Crippen molar-refractivity contribution in [2.24, 2.45) is 5.73 Å². The average Bonchev–Trinajstić information content (AvgIpc) is 2.58. The predicted octanol–water partition coefficient (Wildman–Crippen LogP) is 3.94. The van der Waals surface area contributed by atoms with Crippen LogP contribution in [0, 0.1) is 0 Å². The van der Waals surface area contributed by atoms with E-state index in [-0.39, 0.29) is 6.42 Å². The van der Waals surface area contributed by atoms with Crippen molar-refractivity contribution in [2.75, 3.05) is 13.1 Å². The SMILES string of the molecule is CCCCCCCCCCC(N)C(=O)OC(=O)CC.CCNCC. The highest BCUT2D eigenvalue weighted by molar-refractivity contribution is 5.88. The number of rotatable bonds is 13. The number of nitrogens with two attached hydrogens (primary N) is 1. The van der Waals surface area contributed by atoms with Crippen LogP contribution in [0.5, 0.6) is 0 Å². The number of carbonyl (C=O) groups excluding carboxylic acids is 2. The minimum absolute atomic E-state index is 0.205. The molecule has 0 bridgehead atoms. The number of hydrogen-bond acceptors (Lipinski definition) is 5. The first-order valence-corrected chi connectivity index (χ1v) is 9.74. The van der Waals surface area contributed by atoms with Gasteiger partial charge >= 0.3 is 11.9 Å². The van der Waals surface area contributed by atoms with E-state index in [4.69, 9.17) is 5.73 Å². The molecule has 0 rings (SSSR count). The summed E-state index contributed by atoms with van der Waals surface area (Å²) in [6.45, 7) is 10.3. The van der Waals surface area contributed by atoms with Crippen LogP contribution >= 0.6 is 0 Å². The van der Waals surface area contributed by atoms with Crippen molar-refractivity contribution in [2.45, 2.75) is 97.9 Å². The Balaban J connectivity index is 0. The first-order chi connectivity index (χ1) is 11.5. The Morgan fingerprint density at radius 3 is 1.79 bits per heavy atom. The van der Waals surface area contributed by atoms with Crippen LogP contribution in [0.1, 0.15) is 91.9 Å². The molecule has 0 aliphatic rings. The Kier molecular flexibility index (Phi) is 21.2. The summed E-state index contributed by atoms with van der Waals surface area (Å²) in [6.07, 6.45) is 10.5. The van der Waals surface area contributed by atoms with Gasteiger partial charge in [0.15, 0.2) is 0 Å². The molecule has 1 atom stereocenters. The predicted molar refractivity (Wildman–Crippen MR) is 101 cm³/mol. The molecule has 24 heavy (non-hydrogen) atoms. The number of ether oxygens (including phenoxy) is 1. The highest BCUT2D eigenvalue weighted by Crippen LogP contribution is 2.10. The minimum atomic E-state index is -0.657. The van der Waals surface area contributed by atoms with Crippen LogP contribution in [0.2, 0.25) is 0 Å². The van der Waals surface area contributed by atoms with Crippen molar-refractivity contribution in [1.82, 2.24) is 5.32 Å². The molecule has 0 saturated heterocycles. The van der Waals surface area contributed by atoms with Crippen LogP contribution in [-0.4, -0.2) is 31.1 Å². The Morgan fingerprint density at radius 2 is 1.38 bits per heavy atom. The lowest BCUT2D eigenvalue weighted by Crippen LogP contribution is -2.33. The topological polar surface area (TPSA) is 81.4 Å². The number of unbranched alkanes of at least 4 members (excludes halogenated alkanes) is 7. The van der Waals surface area contributed by atoms with E-state index in [9.17, 15) is 9.59 Å². The number of hydrogen-bond donors (Lipinski definition) is 2. The lowest BCUT2D eigenvalue weighted by atomic mass is 10.1. The minimum Gasteiger partial charge on any atom is -0.392 e. The van der Waals surface area contributed by atoms with Gasteiger partial charge in [-0.05, 0) is 19.5 Å². The lowest BCUT2D eigenvalue weighted by molar-refractivity contribution is -0.160. The van der Waals surface area contributed by atoms with Crippen LogP contribution in [0.3, 0.4) is 0 Å². The van der Waals surface area contributed by atoms with Gasteiger partial charge in [-0.15, -0.1) is 0 Å². The van der Waals surface area contributed by atoms with Crippen LogP contribution in [0.25, 0.3) is 0 Å². The van der Waals surface area contributed by atoms with Gasteiger partial charge in [0.05, 0.1) is 0 Å². The Hall–Kier alpha value is -0.940. The van der Waals surface area contributed by atoms with Crippen molar-refractivity contribution in [3.05, 3.63) is 0 Å². The summed E-state index contributed by atoms with van der Waals surface area (Å²) in [5, 5.41) is 3.11. The van der Waals surface area contributed by atoms with E-state index < -0.39 is 18.0 Å². The first-order valence-electron chi connectivity index (χ1n) is 9.74. The third-order valence-corrected chi connectivity index (χ3v) is 3.67. The molecule has 5 nitrogen and oxygen atoms in total. The Labute approximate surface area is 149 Å². The molecule has 1 unspecified atom stereocenters. The molecule has 0 saturated carbocycles. The first kappa shape index (κ1) is 25.3. The molecule has 0 aliphatic carbocycles. The van der Waals surface area contributed by atoms with Crippen molar-refractivity contribution >= 4 is 11.9 Å². The molecule has 0 aromatic heterocycles. The summed E-state index contributed by atoms with van der Waals surface area (Å²) >= 11 is 0. The summed E-state index contributed by atoms with van der Waals surface area (Å²) in [5.74, 6) is -1.09. The molecule has 5 heteroatoms. The molecule has 0 aliphatic heterocycles. The molecule has 0 aromatic carbocycles. The zero-order valence-corrected chi connectivity index (χ0v) is 16.4. The van der Waals surface area contributed by atoms with Gasteiger partial charge in [0.25, 0.3) is 0 Å². The largest absolute Gasteiger partial charge is 0.392 e. The second kappa shape index (κ2) is 20.1. The Morgan fingerprint density at radius 1 is 0.875 bits per heavy atom. The van der Waals surface area contributed by atoms with Gasteiger partial charge in [-0.25, -0.2) is 4.79 Å². The fourth-order valence-corrected chi connectivity index (χ4v) is 2.13. The third kappa shape index (κ3) is 19.1. The fourth-order valence-electron chi connectivity index (χ4n) is 2.13. The highest BCUT2D eigenvalue weighted by atomic mass is 16.6. The van der Waals surface area contributed by atoms with Crippen molar-refractivity contribution in [3.8, 4) is 0 Å². The van der Waals surface area contributed by atoms with Crippen LogP contribution in [-0.2, 0) is 14.3 Å². The summed E-state index contributed by atoms with van der Waals surface area (Å²) in [4.78, 5) is 22.3. The molecule has 0 radical (unpaired) electrons. The van der Waals surface area contributed by atoms with E-state index in [2.05, 4.69) is 30.8 Å². The van der Waals surface area contributed by atoms with E-state index in [0.717, 1.165) is 25.9 Å². The van der Waals surface area contributed by atoms with Gasteiger partial charge in [-0.2, -0.15) is 0 Å². The summed E-state index contributed by atoms with van der Waals surface area (Å²) in [5.41, 5.74) is 5.67. The standard InChI is InChI=1S/C15H29NO3.C4H11N/c1-3-5-6-7-8-9-10-11-12-13(16)15(18)19-14(17)4-2;1-3-5-4-2/h13H,3-12,16H2,1-2H3;5H,3-4H2,1-2H3. The smallest absolute Gasteiger partial charge is 0.330 e. The molecule has 0 aromatic rings. The normalized spacial score (nSPS) is 11.4. The highest BCUT2D eigenvalue weighted by Gasteiger charge is 2.17. The molecule has 0 heterocycles. The summed E-state index contributed by atoms with van der Waals surface area (Å²) in [7, 11) is 0. The van der Waals surface area contributed by atoms with Crippen molar-refractivity contribution in [1.29, 1.82) is 0 Å². The van der Waals surface area contributed by atoms with E-state index in [1.54, 1.807) is 6.92 Å².